The summed E-state index contributed by atoms with van der Waals surface area (Å²) in [4.78, 5) is 11.3. The Morgan fingerprint density at radius 2 is 2.54 bits per heavy atom. The SMILES string of the molecule is N#CCc1cc([C@@H](N)C(=O)O)cs1. The van der Waals surface area contributed by atoms with E-state index in [-0.39, 0.29) is 0 Å². The van der Waals surface area contributed by atoms with Crippen molar-refractivity contribution in [2.24, 2.45) is 5.73 Å². The average molecular weight is 196 g/mol. The average Bonchev–Trinajstić information content (AvgIpc) is 2.52. The second-order valence-corrected chi connectivity index (χ2v) is 3.49. The first-order valence-electron chi connectivity index (χ1n) is 3.57. The van der Waals surface area contributed by atoms with Gasteiger partial charge in [-0.15, -0.1) is 11.3 Å². The summed E-state index contributed by atoms with van der Waals surface area (Å²) in [5, 5.41) is 18.6. The molecule has 0 saturated carbocycles. The summed E-state index contributed by atoms with van der Waals surface area (Å²) >= 11 is 1.35. The standard InChI is InChI=1S/C8H8N2O2S/c9-2-1-6-3-5(4-13-6)7(10)8(11)12/h3-4,7H,1,10H2,(H,11,12)/t7-/m1/s1. The molecule has 0 radical (unpaired) electrons. The molecule has 1 aromatic heterocycles. The van der Waals surface area contributed by atoms with Gasteiger partial charge >= 0.3 is 5.97 Å². The number of carboxylic acid groups (broad SMARTS) is 1. The molecule has 5 heteroatoms. The second kappa shape index (κ2) is 4.03. The van der Waals surface area contributed by atoms with Gasteiger partial charge in [0.1, 0.15) is 6.04 Å². The van der Waals surface area contributed by atoms with Crippen LogP contribution in [-0.4, -0.2) is 11.1 Å². The van der Waals surface area contributed by atoms with Crippen molar-refractivity contribution in [3.8, 4) is 6.07 Å². The summed E-state index contributed by atoms with van der Waals surface area (Å²) in [6.07, 6.45) is 0.303. The lowest BCUT2D eigenvalue weighted by Crippen LogP contribution is -2.19. The van der Waals surface area contributed by atoms with Gasteiger partial charge in [-0.1, -0.05) is 0 Å². The predicted octanol–water partition coefficient (Wildman–Crippen LogP) is 0.899. The number of hydrogen-bond donors (Lipinski definition) is 2. The van der Waals surface area contributed by atoms with Crippen molar-refractivity contribution in [3.63, 3.8) is 0 Å². The van der Waals surface area contributed by atoms with E-state index < -0.39 is 12.0 Å². The van der Waals surface area contributed by atoms with E-state index in [0.29, 0.717) is 12.0 Å². The van der Waals surface area contributed by atoms with Crippen LogP contribution in [0, 0.1) is 11.3 Å². The molecule has 0 saturated heterocycles. The lowest BCUT2D eigenvalue weighted by molar-refractivity contribution is -0.138. The summed E-state index contributed by atoms with van der Waals surface area (Å²) in [5.74, 6) is -1.05. The van der Waals surface area contributed by atoms with Crippen molar-refractivity contribution in [2.45, 2.75) is 12.5 Å². The van der Waals surface area contributed by atoms with Gasteiger partial charge in [-0.05, 0) is 17.0 Å². The minimum Gasteiger partial charge on any atom is -0.480 e. The van der Waals surface area contributed by atoms with E-state index in [2.05, 4.69) is 0 Å². The van der Waals surface area contributed by atoms with E-state index in [1.54, 1.807) is 11.4 Å². The fourth-order valence-electron chi connectivity index (χ4n) is 0.874. The molecule has 13 heavy (non-hydrogen) atoms. The second-order valence-electron chi connectivity index (χ2n) is 2.50. The van der Waals surface area contributed by atoms with Gasteiger partial charge in [0, 0.05) is 4.88 Å². The summed E-state index contributed by atoms with van der Waals surface area (Å²) in [5.41, 5.74) is 5.93. The van der Waals surface area contributed by atoms with E-state index in [9.17, 15) is 4.79 Å². The van der Waals surface area contributed by atoms with E-state index >= 15 is 0 Å². The number of carbonyl (C=O) groups is 1. The van der Waals surface area contributed by atoms with E-state index in [1.165, 1.54) is 11.3 Å². The van der Waals surface area contributed by atoms with E-state index in [4.69, 9.17) is 16.1 Å². The van der Waals surface area contributed by atoms with Crippen LogP contribution < -0.4 is 5.73 Å². The zero-order chi connectivity index (χ0) is 9.84. The number of nitrogens with two attached hydrogens (primary N) is 1. The van der Waals surface area contributed by atoms with Crippen LogP contribution in [0.25, 0.3) is 0 Å². The molecule has 0 aromatic carbocycles. The van der Waals surface area contributed by atoms with E-state index in [1.807, 2.05) is 6.07 Å². The molecule has 1 rings (SSSR count). The molecule has 1 atom stereocenters. The van der Waals surface area contributed by atoms with Crippen molar-refractivity contribution in [2.75, 3.05) is 0 Å². The number of thiophene rings is 1. The molecule has 0 spiro atoms. The Bertz CT molecular complexity index is 353. The Hall–Kier alpha value is -1.38. The largest absolute Gasteiger partial charge is 0.480 e. The summed E-state index contributed by atoms with van der Waals surface area (Å²) in [6.45, 7) is 0. The van der Waals surface area contributed by atoms with Crippen LogP contribution in [0.1, 0.15) is 16.5 Å². The monoisotopic (exact) mass is 196 g/mol. The van der Waals surface area contributed by atoms with Crippen LogP contribution in [0.5, 0.6) is 0 Å². The molecule has 1 aromatic rings. The molecule has 3 N–H and O–H groups in total. The summed E-state index contributed by atoms with van der Waals surface area (Å²) < 4.78 is 0. The van der Waals surface area contributed by atoms with Crippen molar-refractivity contribution in [1.29, 1.82) is 5.26 Å². The van der Waals surface area contributed by atoms with Crippen LogP contribution in [-0.2, 0) is 11.2 Å². The highest BCUT2D eigenvalue weighted by Crippen LogP contribution is 2.19. The Morgan fingerprint density at radius 1 is 1.85 bits per heavy atom. The normalized spacial score (nSPS) is 12.0. The number of carboxylic acids is 1. The first kappa shape index (κ1) is 9.71. The fraction of sp³-hybridized carbons (Fsp3) is 0.250. The van der Waals surface area contributed by atoms with Gasteiger partial charge in [0.05, 0.1) is 12.5 Å². The zero-order valence-corrected chi connectivity index (χ0v) is 7.54. The molecule has 0 unspecified atom stereocenters. The molecule has 0 aliphatic heterocycles. The summed E-state index contributed by atoms with van der Waals surface area (Å²) in [6, 6.07) is 2.66. The highest BCUT2D eigenvalue weighted by molar-refractivity contribution is 7.10. The maximum Gasteiger partial charge on any atom is 0.325 e. The van der Waals surface area contributed by atoms with Crippen LogP contribution in [0.4, 0.5) is 0 Å². The Balaban J connectivity index is 2.80. The Morgan fingerprint density at radius 3 is 3.08 bits per heavy atom. The highest BCUT2D eigenvalue weighted by Gasteiger charge is 2.15. The van der Waals surface area contributed by atoms with Gasteiger partial charge < -0.3 is 10.8 Å². The maximum absolute atomic E-state index is 10.5. The molecule has 0 aliphatic carbocycles. The lowest BCUT2D eigenvalue weighted by atomic mass is 10.1. The minimum atomic E-state index is -1.05. The molecular formula is C8H8N2O2S. The van der Waals surface area contributed by atoms with Crippen LogP contribution in [0.3, 0.4) is 0 Å². The van der Waals surface area contributed by atoms with Gasteiger partial charge in [-0.3, -0.25) is 4.79 Å². The third-order valence-electron chi connectivity index (χ3n) is 1.55. The molecule has 0 bridgehead atoms. The Kier molecular flexibility index (Phi) is 3.01. The van der Waals surface area contributed by atoms with Crippen LogP contribution in [0.2, 0.25) is 0 Å². The molecular weight excluding hydrogens is 188 g/mol. The lowest BCUT2D eigenvalue weighted by Gasteiger charge is -2.01. The first-order chi connectivity index (χ1) is 6.15. The predicted molar refractivity (Wildman–Crippen MR) is 48.2 cm³/mol. The van der Waals surface area contributed by atoms with Crippen molar-refractivity contribution in [1.82, 2.24) is 0 Å². The van der Waals surface area contributed by atoms with Gasteiger partial charge in [0.15, 0.2) is 0 Å². The van der Waals surface area contributed by atoms with Crippen molar-refractivity contribution >= 4 is 17.3 Å². The van der Waals surface area contributed by atoms with Gasteiger partial charge in [0.2, 0.25) is 0 Å². The first-order valence-corrected chi connectivity index (χ1v) is 4.45. The maximum atomic E-state index is 10.5. The number of hydrogen-bond acceptors (Lipinski definition) is 4. The molecule has 0 aliphatic rings. The molecule has 0 amide bonds. The third kappa shape index (κ3) is 2.28. The zero-order valence-electron chi connectivity index (χ0n) is 6.73. The molecule has 0 fully saturated rings. The molecule has 68 valence electrons. The van der Waals surface area contributed by atoms with Crippen LogP contribution >= 0.6 is 11.3 Å². The minimum absolute atomic E-state index is 0.303. The molecule has 1 heterocycles. The number of nitrogens with zero attached hydrogens (tertiary/aromatic N) is 1. The van der Waals surface area contributed by atoms with Crippen molar-refractivity contribution < 1.29 is 9.90 Å². The van der Waals surface area contributed by atoms with Gasteiger partial charge in [0.25, 0.3) is 0 Å². The number of aliphatic carboxylic acids is 1. The van der Waals surface area contributed by atoms with Crippen LogP contribution in [0.15, 0.2) is 11.4 Å². The topological polar surface area (TPSA) is 87.1 Å². The Labute approximate surface area is 79.2 Å². The highest BCUT2D eigenvalue weighted by atomic mass is 32.1. The number of rotatable bonds is 3. The fourth-order valence-corrected chi connectivity index (χ4v) is 1.73. The number of nitriles is 1. The van der Waals surface area contributed by atoms with Gasteiger partial charge in [-0.2, -0.15) is 5.26 Å². The smallest absolute Gasteiger partial charge is 0.325 e. The quantitative estimate of drug-likeness (QED) is 0.751. The van der Waals surface area contributed by atoms with Crippen molar-refractivity contribution in [3.05, 3.63) is 21.9 Å². The third-order valence-corrected chi connectivity index (χ3v) is 2.51. The van der Waals surface area contributed by atoms with E-state index in [0.717, 1.165) is 4.88 Å². The molecule has 4 nitrogen and oxygen atoms in total. The summed E-state index contributed by atoms with van der Waals surface area (Å²) in [7, 11) is 0. The van der Waals surface area contributed by atoms with Gasteiger partial charge in [-0.25, -0.2) is 0 Å².